The van der Waals surface area contributed by atoms with Crippen molar-refractivity contribution in [1.82, 2.24) is 5.32 Å². The second-order valence-electron chi connectivity index (χ2n) is 6.69. The van der Waals surface area contributed by atoms with E-state index in [1.165, 1.54) is 33.4 Å². The van der Waals surface area contributed by atoms with E-state index < -0.39 is 0 Å². The average molecular weight is 309 g/mol. The Morgan fingerprint density at radius 1 is 0.913 bits per heavy atom. The second kappa shape index (κ2) is 6.99. The standard InChI is InChI=1S/C21H27NO/c1-13-7-8-19(16(4)9-13)12-21(23)22-18(6)20-11-15(3)14(2)10-17(20)5/h7-11,18H,12H2,1-6H3,(H,22,23)/t18-/m0/s1. The zero-order valence-electron chi connectivity index (χ0n) is 15.1. The minimum absolute atomic E-state index is 0.0209. The summed E-state index contributed by atoms with van der Waals surface area (Å²) >= 11 is 0. The summed E-state index contributed by atoms with van der Waals surface area (Å²) in [5.74, 6) is 0.0714. The Morgan fingerprint density at radius 3 is 2.22 bits per heavy atom. The quantitative estimate of drug-likeness (QED) is 0.875. The van der Waals surface area contributed by atoms with Crippen LogP contribution in [0.4, 0.5) is 0 Å². The van der Waals surface area contributed by atoms with E-state index in [4.69, 9.17) is 0 Å². The Hall–Kier alpha value is -2.09. The van der Waals surface area contributed by atoms with Crippen molar-refractivity contribution in [1.29, 1.82) is 0 Å². The van der Waals surface area contributed by atoms with E-state index in [9.17, 15) is 4.79 Å². The molecule has 1 amide bonds. The van der Waals surface area contributed by atoms with Crippen molar-refractivity contribution in [2.45, 2.75) is 54.0 Å². The minimum Gasteiger partial charge on any atom is -0.349 e. The van der Waals surface area contributed by atoms with Crippen LogP contribution in [0.5, 0.6) is 0 Å². The summed E-state index contributed by atoms with van der Waals surface area (Å²) in [5, 5.41) is 3.14. The van der Waals surface area contributed by atoms with Crippen LogP contribution in [0, 0.1) is 34.6 Å². The molecule has 2 aromatic rings. The Morgan fingerprint density at radius 2 is 1.57 bits per heavy atom. The van der Waals surface area contributed by atoms with E-state index >= 15 is 0 Å². The van der Waals surface area contributed by atoms with Gasteiger partial charge in [-0.2, -0.15) is 0 Å². The zero-order chi connectivity index (χ0) is 17.1. The van der Waals surface area contributed by atoms with Gasteiger partial charge in [0.1, 0.15) is 0 Å². The van der Waals surface area contributed by atoms with Crippen molar-refractivity contribution >= 4 is 5.91 Å². The summed E-state index contributed by atoms with van der Waals surface area (Å²) in [6.45, 7) is 12.5. The summed E-state index contributed by atoms with van der Waals surface area (Å²) in [6.07, 6.45) is 0.431. The molecule has 0 aliphatic carbocycles. The zero-order valence-corrected chi connectivity index (χ0v) is 15.1. The molecule has 1 atom stereocenters. The minimum atomic E-state index is 0.0209. The topological polar surface area (TPSA) is 29.1 Å². The largest absolute Gasteiger partial charge is 0.349 e. The number of nitrogens with one attached hydrogen (secondary N) is 1. The average Bonchev–Trinajstić information content (AvgIpc) is 2.45. The third-order valence-electron chi connectivity index (χ3n) is 4.58. The lowest BCUT2D eigenvalue weighted by molar-refractivity contribution is -0.121. The Bertz CT molecular complexity index is 731. The highest BCUT2D eigenvalue weighted by molar-refractivity contribution is 5.79. The van der Waals surface area contributed by atoms with Crippen molar-refractivity contribution in [3.8, 4) is 0 Å². The van der Waals surface area contributed by atoms with Gasteiger partial charge in [0, 0.05) is 0 Å². The Balaban J connectivity index is 2.09. The molecule has 0 aromatic heterocycles. The maximum Gasteiger partial charge on any atom is 0.224 e. The van der Waals surface area contributed by atoms with E-state index in [0.29, 0.717) is 6.42 Å². The van der Waals surface area contributed by atoms with Crippen LogP contribution in [0.2, 0.25) is 0 Å². The SMILES string of the molecule is Cc1ccc(CC(=O)N[C@@H](C)c2cc(C)c(C)cc2C)c(C)c1. The number of carbonyl (C=O) groups is 1. The lowest BCUT2D eigenvalue weighted by Crippen LogP contribution is -2.28. The van der Waals surface area contributed by atoms with Crippen LogP contribution >= 0.6 is 0 Å². The number of hydrogen-bond donors (Lipinski definition) is 1. The van der Waals surface area contributed by atoms with Crippen LogP contribution in [0.15, 0.2) is 30.3 Å². The van der Waals surface area contributed by atoms with Crippen LogP contribution in [0.25, 0.3) is 0 Å². The second-order valence-corrected chi connectivity index (χ2v) is 6.69. The van der Waals surface area contributed by atoms with Gasteiger partial charge in [0.15, 0.2) is 0 Å². The number of hydrogen-bond acceptors (Lipinski definition) is 1. The number of benzene rings is 2. The van der Waals surface area contributed by atoms with Crippen molar-refractivity contribution < 1.29 is 4.79 Å². The molecule has 0 spiro atoms. The highest BCUT2D eigenvalue weighted by Crippen LogP contribution is 2.22. The van der Waals surface area contributed by atoms with Gasteiger partial charge < -0.3 is 5.32 Å². The first-order valence-electron chi connectivity index (χ1n) is 8.21. The molecule has 2 heteroatoms. The lowest BCUT2D eigenvalue weighted by Gasteiger charge is -2.19. The molecule has 0 aliphatic heterocycles. The summed E-state index contributed by atoms with van der Waals surface area (Å²) in [4.78, 5) is 12.4. The molecule has 0 aliphatic rings. The molecule has 23 heavy (non-hydrogen) atoms. The summed E-state index contributed by atoms with van der Waals surface area (Å²) < 4.78 is 0. The molecule has 0 fully saturated rings. The number of aryl methyl sites for hydroxylation is 5. The van der Waals surface area contributed by atoms with Gasteiger partial charge in [-0.25, -0.2) is 0 Å². The van der Waals surface area contributed by atoms with E-state index in [1.54, 1.807) is 0 Å². The summed E-state index contributed by atoms with van der Waals surface area (Å²) in [7, 11) is 0. The molecule has 122 valence electrons. The van der Waals surface area contributed by atoms with Gasteiger partial charge in [-0.3, -0.25) is 4.79 Å². The molecule has 0 saturated heterocycles. The van der Waals surface area contributed by atoms with Gasteiger partial charge in [0.2, 0.25) is 5.91 Å². The first-order valence-corrected chi connectivity index (χ1v) is 8.21. The highest BCUT2D eigenvalue weighted by Gasteiger charge is 2.14. The number of rotatable bonds is 4. The molecule has 0 radical (unpaired) electrons. The smallest absolute Gasteiger partial charge is 0.224 e. The van der Waals surface area contributed by atoms with Gasteiger partial charge >= 0.3 is 0 Å². The maximum atomic E-state index is 12.4. The molecule has 0 heterocycles. The first kappa shape index (κ1) is 17.3. The fourth-order valence-electron chi connectivity index (χ4n) is 3.04. The lowest BCUT2D eigenvalue weighted by atomic mass is 9.96. The maximum absolute atomic E-state index is 12.4. The fourth-order valence-corrected chi connectivity index (χ4v) is 3.04. The summed E-state index contributed by atoms with van der Waals surface area (Å²) in [5.41, 5.74) is 8.48. The van der Waals surface area contributed by atoms with Crippen molar-refractivity contribution in [3.05, 3.63) is 69.3 Å². The molecule has 1 N–H and O–H groups in total. The van der Waals surface area contributed by atoms with Crippen LogP contribution in [-0.4, -0.2) is 5.91 Å². The van der Waals surface area contributed by atoms with Gasteiger partial charge in [0.25, 0.3) is 0 Å². The number of amides is 1. The van der Waals surface area contributed by atoms with Gasteiger partial charge in [0.05, 0.1) is 12.5 Å². The molecule has 0 bridgehead atoms. The normalized spacial score (nSPS) is 12.1. The van der Waals surface area contributed by atoms with Gasteiger partial charge in [-0.05, 0) is 74.9 Å². The Labute approximate surface area is 139 Å². The van der Waals surface area contributed by atoms with Crippen LogP contribution in [-0.2, 0) is 11.2 Å². The predicted molar refractivity (Wildman–Crippen MR) is 96.8 cm³/mol. The van der Waals surface area contributed by atoms with Gasteiger partial charge in [-0.1, -0.05) is 35.9 Å². The van der Waals surface area contributed by atoms with E-state index in [1.807, 2.05) is 0 Å². The molecule has 2 nitrogen and oxygen atoms in total. The highest BCUT2D eigenvalue weighted by atomic mass is 16.1. The third kappa shape index (κ3) is 4.22. The van der Waals surface area contributed by atoms with Crippen molar-refractivity contribution in [3.63, 3.8) is 0 Å². The molecular formula is C21H27NO. The predicted octanol–water partition coefficient (Wildman–Crippen LogP) is 4.65. The third-order valence-corrected chi connectivity index (χ3v) is 4.58. The molecule has 0 saturated carbocycles. The van der Waals surface area contributed by atoms with Crippen LogP contribution in [0.3, 0.4) is 0 Å². The van der Waals surface area contributed by atoms with Crippen molar-refractivity contribution in [2.24, 2.45) is 0 Å². The fraction of sp³-hybridized carbons (Fsp3) is 0.381. The van der Waals surface area contributed by atoms with Crippen molar-refractivity contribution in [2.75, 3.05) is 0 Å². The molecule has 0 unspecified atom stereocenters. The van der Waals surface area contributed by atoms with Crippen LogP contribution < -0.4 is 5.32 Å². The first-order chi connectivity index (χ1) is 10.8. The summed E-state index contributed by atoms with van der Waals surface area (Å²) in [6, 6.07) is 10.6. The van der Waals surface area contributed by atoms with E-state index in [2.05, 4.69) is 77.2 Å². The molecule has 2 aromatic carbocycles. The molecular weight excluding hydrogens is 282 g/mol. The number of carbonyl (C=O) groups excluding carboxylic acids is 1. The van der Waals surface area contributed by atoms with E-state index in [-0.39, 0.29) is 11.9 Å². The monoisotopic (exact) mass is 309 g/mol. The van der Waals surface area contributed by atoms with Gasteiger partial charge in [-0.15, -0.1) is 0 Å². The molecule has 2 rings (SSSR count). The van der Waals surface area contributed by atoms with E-state index in [0.717, 1.165) is 5.56 Å². The van der Waals surface area contributed by atoms with Crippen LogP contribution in [0.1, 0.15) is 51.9 Å². The Kier molecular flexibility index (Phi) is 5.25.